The van der Waals surface area contributed by atoms with E-state index in [-0.39, 0.29) is 0 Å². The third-order valence-electron chi connectivity index (χ3n) is 3.22. The van der Waals surface area contributed by atoms with E-state index in [1.54, 1.807) is 0 Å². The van der Waals surface area contributed by atoms with Gasteiger partial charge in [-0.05, 0) is 23.1 Å². The SMILES string of the molecule is C1=CC(c2ccccc2)c2ccccc2C1. The van der Waals surface area contributed by atoms with Crippen molar-refractivity contribution in [3.05, 3.63) is 83.4 Å². The highest BCUT2D eigenvalue weighted by Crippen LogP contribution is 2.32. The number of hydrogen-bond donors (Lipinski definition) is 0. The Hall–Kier alpha value is -1.82. The molecule has 0 bridgehead atoms. The zero-order chi connectivity index (χ0) is 10.8. The van der Waals surface area contributed by atoms with Crippen LogP contribution in [0.4, 0.5) is 0 Å². The molecule has 0 aliphatic heterocycles. The van der Waals surface area contributed by atoms with E-state index < -0.39 is 0 Å². The van der Waals surface area contributed by atoms with Crippen molar-refractivity contribution < 1.29 is 0 Å². The van der Waals surface area contributed by atoms with E-state index >= 15 is 0 Å². The van der Waals surface area contributed by atoms with Crippen LogP contribution in [-0.2, 0) is 6.42 Å². The average molecular weight is 206 g/mol. The molecule has 0 radical (unpaired) electrons. The van der Waals surface area contributed by atoms with Crippen LogP contribution >= 0.6 is 0 Å². The second kappa shape index (κ2) is 3.97. The Morgan fingerprint density at radius 2 is 1.56 bits per heavy atom. The molecule has 1 aliphatic rings. The van der Waals surface area contributed by atoms with Crippen LogP contribution in [0.5, 0.6) is 0 Å². The molecule has 0 N–H and O–H groups in total. The third-order valence-corrected chi connectivity index (χ3v) is 3.22. The molecule has 1 unspecified atom stereocenters. The van der Waals surface area contributed by atoms with Gasteiger partial charge in [-0.25, -0.2) is 0 Å². The second-order valence-corrected chi connectivity index (χ2v) is 4.22. The second-order valence-electron chi connectivity index (χ2n) is 4.22. The molecule has 1 aliphatic carbocycles. The van der Waals surface area contributed by atoms with E-state index in [0.29, 0.717) is 5.92 Å². The molecule has 0 fully saturated rings. The molecule has 2 aromatic rings. The molecule has 0 nitrogen and oxygen atoms in total. The maximum atomic E-state index is 2.32. The van der Waals surface area contributed by atoms with Crippen molar-refractivity contribution in [1.29, 1.82) is 0 Å². The van der Waals surface area contributed by atoms with Crippen molar-refractivity contribution in [3.8, 4) is 0 Å². The predicted molar refractivity (Wildman–Crippen MR) is 67.6 cm³/mol. The van der Waals surface area contributed by atoms with Crippen LogP contribution in [0.3, 0.4) is 0 Å². The Morgan fingerprint density at radius 3 is 2.44 bits per heavy atom. The molecule has 3 rings (SSSR count). The van der Waals surface area contributed by atoms with Crippen molar-refractivity contribution in [2.45, 2.75) is 12.3 Å². The van der Waals surface area contributed by atoms with Gasteiger partial charge >= 0.3 is 0 Å². The standard InChI is InChI=1S/C16H14/c1-2-7-13(8-3-1)16-12-6-10-14-9-4-5-11-15(14)16/h1-9,11-12,16H,10H2. The highest BCUT2D eigenvalue weighted by molar-refractivity contribution is 5.44. The van der Waals surface area contributed by atoms with Gasteiger partial charge in [-0.1, -0.05) is 66.7 Å². The van der Waals surface area contributed by atoms with Crippen molar-refractivity contribution in [2.24, 2.45) is 0 Å². The molecule has 0 heteroatoms. The van der Waals surface area contributed by atoms with Gasteiger partial charge in [0.1, 0.15) is 0 Å². The van der Waals surface area contributed by atoms with Crippen LogP contribution in [0.15, 0.2) is 66.7 Å². The summed E-state index contributed by atoms with van der Waals surface area (Å²) in [5.41, 5.74) is 4.29. The summed E-state index contributed by atoms with van der Waals surface area (Å²) in [5.74, 6) is 0.436. The van der Waals surface area contributed by atoms with Gasteiger partial charge in [-0.15, -0.1) is 0 Å². The van der Waals surface area contributed by atoms with Crippen molar-refractivity contribution in [1.82, 2.24) is 0 Å². The topological polar surface area (TPSA) is 0 Å². The number of benzene rings is 2. The Morgan fingerprint density at radius 1 is 0.812 bits per heavy atom. The van der Waals surface area contributed by atoms with E-state index in [9.17, 15) is 0 Å². The molecular weight excluding hydrogens is 192 g/mol. The lowest BCUT2D eigenvalue weighted by molar-refractivity contribution is 0.953. The summed E-state index contributed by atoms with van der Waals surface area (Å²) < 4.78 is 0. The normalized spacial score (nSPS) is 18.1. The average Bonchev–Trinajstić information content (AvgIpc) is 2.39. The lowest BCUT2D eigenvalue weighted by Gasteiger charge is -2.21. The van der Waals surface area contributed by atoms with Gasteiger partial charge in [0.05, 0.1) is 0 Å². The van der Waals surface area contributed by atoms with Gasteiger partial charge in [0.15, 0.2) is 0 Å². The number of hydrogen-bond acceptors (Lipinski definition) is 0. The van der Waals surface area contributed by atoms with Crippen LogP contribution in [0, 0.1) is 0 Å². The van der Waals surface area contributed by atoms with E-state index in [0.717, 1.165) is 6.42 Å². The summed E-state index contributed by atoms with van der Waals surface area (Å²) in [6.45, 7) is 0. The van der Waals surface area contributed by atoms with Crippen molar-refractivity contribution in [2.75, 3.05) is 0 Å². The molecule has 1 atom stereocenters. The molecule has 0 saturated carbocycles. The number of fused-ring (bicyclic) bond motifs is 1. The highest BCUT2D eigenvalue weighted by Gasteiger charge is 2.16. The van der Waals surface area contributed by atoms with Gasteiger partial charge in [-0.2, -0.15) is 0 Å². The van der Waals surface area contributed by atoms with Gasteiger partial charge in [0.2, 0.25) is 0 Å². The molecule has 2 aromatic carbocycles. The minimum Gasteiger partial charge on any atom is -0.0832 e. The summed E-state index contributed by atoms with van der Waals surface area (Å²) in [6, 6.07) is 19.4. The van der Waals surface area contributed by atoms with Gasteiger partial charge in [-0.3, -0.25) is 0 Å². The zero-order valence-electron chi connectivity index (χ0n) is 9.14. The van der Waals surface area contributed by atoms with E-state index in [4.69, 9.17) is 0 Å². The molecule has 0 aromatic heterocycles. The Labute approximate surface area is 96.3 Å². The third kappa shape index (κ3) is 1.57. The first-order chi connectivity index (χ1) is 7.95. The Kier molecular flexibility index (Phi) is 2.34. The van der Waals surface area contributed by atoms with Crippen molar-refractivity contribution >= 4 is 0 Å². The fraction of sp³-hybridized carbons (Fsp3) is 0.125. The van der Waals surface area contributed by atoms with E-state index in [1.807, 2.05) is 0 Å². The van der Waals surface area contributed by atoms with E-state index in [2.05, 4.69) is 66.7 Å². The van der Waals surface area contributed by atoms with Gasteiger partial charge in [0.25, 0.3) is 0 Å². The number of allylic oxidation sites excluding steroid dienone is 2. The molecule has 0 amide bonds. The first-order valence-corrected chi connectivity index (χ1v) is 5.74. The highest BCUT2D eigenvalue weighted by atomic mass is 14.2. The monoisotopic (exact) mass is 206 g/mol. The molecule has 16 heavy (non-hydrogen) atoms. The van der Waals surface area contributed by atoms with Crippen LogP contribution < -0.4 is 0 Å². The molecule has 0 saturated heterocycles. The summed E-state index contributed by atoms with van der Waals surface area (Å²) in [7, 11) is 0. The van der Waals surface area contributed by atoms with Crippen LogP contribution in [0.25, 0.3) is 0 Å². The van der Waals surface area contributed by atoms with Gasteiger partial charge in [0, 0.05) is 5.92 Å². The molecule has 78 valence electrons. The molecular formula is C16H14. The smallest absolute Gasteiger partial charge is 0.0272 e. The molecule has 0 heterocycles. The minimum atomic E-state index is 0.436. The van der Waals surface area contributed by atoms with Crippen molar-refractivity contribution in [3.63, 3.8) is 0 Å². The fourth-order valence-corrected chi connectivity index (χ4v) is 2.41. The number of rotatable bonds is 1. The van der Waals surface area contributed by atoms with Crippen LogP contribution in [0.2, 0.25) is 0 Å². The predicted octanol–water partition coefficient (Wildman–Crippen LogP) is 3.93. The lowest BCUT2D eigenvalue weighted by atomic mass is 9.83. The van der Waals surface area contributed by atoms with Crippen LogP contribution in [0.1, 0.15) is 22.6 Å². The summed E-state index contributed by atoms with van der Waals surface area (Å²) in [6.07, 6.45) is 5.66. The first kappa shape index (κ1) is 9.41. The lowest BCUT2D eigenvalue weighted by Crippen LogP contribution is -2.05. The minimum absolute atomic E-state index is 0.436. The van der Waals surface area contributed by atoms with Gasteiger partial charge < -0.3 is 0 Å². The maximum Gasteiger partial charge on any atom is 0.0272 e. The quantitative estimate of drug-likeness (QED) is 0.620. The summed E-state index contributed by atoms with van der Waals surface area (Å²) in [4.78, 5) is 0. The maximum absolute atomic E-state index is 2.32. The fourth-order valence-electron chi connectivity index (χ4n) is 2.41. The summed E-state index contributed by atoms with van der Waals surface area (Å²) in [5, 5.41) is 0. The Balaban J connectivity index is 2.09. The zero-order valence-corrected chi connectivity index (χ0v) is 9.14. The first-order valence-electron chi connectivity index (χ1n) is 5.74. The van der Waals surface area contributed by atoms with Crippen LogP contribution in [-0.4, -0.2) is 0 Å². The van der Waals surface area contributed by atoms with E-state index in [1.165, 1.54) is 16.7 Å². The summed E-state index contributed by atoms with van der Waals surface area (Å²) >= 11 is 0. The largest absolute Gasteiger partial charge is 0.0832 e. The Bertz CT molecular complexity index is 509. The molecule has 0 spiro atoms.